The number of hydrogen-bond donors (Lipinski definition) is 2. The van der Waals surface area contributed by atoms with E-state index < -0.39 is 5.97 Å². The first kappa shape index (κ1) is 17.5. The predicted molar refractivity (Wildman–Crippen MR) is 96.2 cm³/mol. The molecule has 2 aromatic rings. The van der Waals surface area contributed by atoms with E-state index in [0.717, 1.165) is 6.08 Å². The van der Waals surface area contributed by atoms with Gasteiger partial charge in [0.05, 0.1) is 0 Å². The Labute approximate surface area is 141 Å². The van der Waals surface area contributed by atoms with Crippen LogP contribution >= 0.6 is 0 Å². The number of aliphatic carboxylic acids is 1. The third kappa shape index (κ3) is 4.81. The summed E-state index contributed by atoms with van der Waals surface area (Å²) in [7, 11) is 0. The van der Waals surface area contributed by atoms with Crippen molar-refractivity contribution >= 4 is 23.6 Å². The van der Waals surface area contributed by atoms with Crippen LogP contribution < -0.4 is 5.32 Å². The van der Waals surface area contributed by atoms with E-state index in [4.69, 9.17) is 5.11 Å². The zero-order valence-corrected chi connectivity index (χ0v) is 14.0. The van der Waals surface area contributed by atoms with E-state index >= 15 is 0 Å². The Balaban J connectivity index is 2.12. The van der Waals surface area contributed by atoms with Gasteiger partial charge in [0, 0.05) is 17.3 Å². The molecule has 1 amide bonds. The molecule has 0 aliphatic carbocycles. The summed E-state index contributed by atoms with van der Waals surface area (Å²) in [4.78, 5) is 22.9. The van der Waals surface area contributed by atoms with E-state index in [1.54, 1.807) is 24.3 Å². The van der Waals surface area contributed by atoms with Crippen LogP contribution in [0.25, 0.3) is 6.08 Å². The molecule has 0 aromatic heterocycles. The predicted octanol–water partition coefficient (Wildman–Crippen LogP) is 4.33. The summed E-state index contributed by atoms with van der Waals surface area (Å²) in [5, 5.41) is 11.5. The van der Waals surface area contributed by atoms with Gasteiger partial charge in [-0.1, -0.05) is 45.0 Å². The van der Waals surface area contributed by atoms with Crippen LogP contribution in [0.5, 0.6) is 0 Å². The molecule has 0 heterocycles. The molecule has 124 valence electrons. The zero-order valence-electron chi connectivity index (χ0n) is 14.0. The van der Waals surface area contributed by atoms with Gasteiger partial charge in [0.25, 0.3) is 5.91 Å². The van der Waals surface area contributed by atoms with Crippen molar-refractivity contribution < 1.29 is 14.7 Å². The monoisotopic (exact) mass is 323 g/mol. The van der Waals surface area contributed by atoms with Gasteiger partial charge in [0.2, 0.25) is 0 Å². The second kappa shape index (κ2) is 7.13. The minimum atomic E-state index is -1.01. The maximum Gasteiger partial charge on any atom is 0.328 e. The SMILES string of the molecule is CC(C)(C)c1ccc(C(=O)Nc2cccc(/C=C/C(=O)O)c2)cc1. The molecule has 0 aliphatic heterocycles. The Bertz CT molecular complexity index is 768. The number of carboxylic acids is 1. The summed E-state index contributed by atoms with van der Waals surface area (Å²) >= 11 is 0. The lowest BCUT2D eigenvalue weighted by Crippen LogP contribution is -2.14. The third-order valence-electron chi connectivity index (χ3n) is 3.58. The second-order valence-corrected chi connectivity index (χ2v) is 6.58. The fourth-order valence-electron chi connectivity index (χ4n) is 2.21. The van der Waals surface area contributed by atoms with Crippen molar-refractivity contribution in [2.45, 2.75) is 26.2 Å². The van der Waals surface area contributed by atoms with Crippen molar-refractivity contribution in [2.24, 2.45) is 0 Å². The van der Waals surface area contributed by atoms with Gasteiger partial charge in [-0.15, -0.1) is 0 Å². The van der Waals surface area contributed by atoms with Gasteiger partial charge < -0.3 is 10.4 Å². The molecule has 0 radical (unpaired) electrons. The molecule has 4 nitrogen and oxygen atoms in total. The quantitative estimate of drug-likeness (QED) is 0.823. The number of hydrogen-bond acceptors (Lipinski definition) is 2. The number of carboxylic acid groups (broad SMARTS) is 1. The normalized spacial score (nSPS) is 11.5. The molecular weight excluding hydrogens is 302 g/mol. The average molecular weight is 323 g/mol. The highest BCUT2D eigenvalue weighted by Crippen LogP contribution is 2.22. The van der Waals surface area contributed by atoms with Crippen LogP contribution in [0.2, 0.25) is 0 Å². The molecule has 0 atom stereocenters. The lowest BCUT2D eigenvalue weighted by Gasteiger charge is -2.19. The number of anilines is 1. The smallest absolute Gasteiger partial charge is 0.328 e. The van der Waals surface area contributed by atoms with E-state index in [9.17, 15) is 9.59 Å². The molecule has 0 saturated heterocycles. The van der Waals surface area contributed by atoms with Gasteiger partial charge in [0.1, 0.15) is 0 Å². The summed E-state index contributed by atoms with van der Waals surface area (Å²) < 4.78 is 0. The van der Waals surface area contributed by atoms with Crippen molar-refractivity contribution in [1.29, 1.82) is 0 Å². The highest BCUT2D eigenvalue weighted by Gasteiger charge is 2.14. The molecule has 0 unspecified atom stereocenters. The van der Waals surface area contributed by atoms with Crippen LogP contribution in [-0.4, -0.2) is 17.0 Å². The molecule has 2 rings (SSSR count). The standard InChI is InChI=1S/C20H21NO3/c1-20(2,3)16-10-8-15(9-11-16)19(24)21-17-6-4-5-14(13-17)7-12-18(22)23/h4-13H,1-3H3,(H,21,24)(H,22,23)/b12-7+. The molecule has 4 heteroatoms. The van der Waals surface area contributed by atoms with Crippen LogP contribution in [0.1, 0.15) is 42.3 Å². The summed E-state index contributed by atoms with van der Waals surface area (Å²) in [5.74, 6) is -1.21. The van der Waals surface area contributed by atoms with Gasteiger partial charge in [-0.2, -0.15) is 0 Å². The lowest BCUT2D eigenvalue weighted by molar-refractivity contribution is -0.131. The molecule has 2 aromatic carbocycles. The van der Waals surface area contributed by atoms with E-state index in [2.05, 4.69) is 26.1 Å². The van der Waals surface area contributed by atoms with Crippen LogP contribution in [0, 0.1) is 0 Å². The number of benzene rings is 2. The van der Waals surface area contributed by atoms with E-state index in [1.807, 2.05) is 24.3 Å². The van der Waals surface area contributed by atoms with E-state index in [1.165, 1.54) is 11.6 Å². The minimum absolute atomic E-state index is 0.0415. The van der Waals surface area contributed by atoms with Gasteiger partial charge >= 0.3 is 5.97 Å². The van der Waals surface area contributed by atoms with Crippen LogP contribution in [0.3, 0.4) is 0 Å². The Morgan fingerprint density at radius 1 is 1.04 bits per heavy atom. The highest BCUT2D eigenvalue weighted by molar-refractivity contribution is 6.04. The number of carbonyl (C=O) groups is 2. The summed E-state index contributed by atoms with van der Waals surface area (Å²) in [6.07, 6.45) is 2.54. The Hall–Kier alpha value is -2.88. The van der Waals surface area contributed by atoms with Crippen LogP contribution in [0.4, 0.5) is 5.69 Å². The Kier molecular flexibility index (Phi) is 5.19. The zero-order chi connectivity index (χ0) is 17.7. The Morgan fingerprint density at radius 3 is 2.29 bits per heavy atom. The molecule has 0 fully saturated rings. The highest BCUT2D eigenvalue weighted by atomic mass is 16.4. The maximum absolute atomic E-state index is 12.3. The summed E-state index contributed by atoms with van der Waals surface area (Å²) in [6, 6.07) is 14.6. The van der Waals surface area contributed by atoms with E-state index in [-0.39, 0.29) is 11.3 Å². The molecule has 0 spiro atoms. The van der Waals surface area contributed by atoms with Crippen molar-refractivity contribution in [3.8, 4) is 0 Å². The molecule has 0 aliphatic rings. The topological polar surface area (TPSA) is 66.4 Å². The molecule has 0 bridgehead atoms. The average Bonchev–Trinajstić information content (AvgIpc) is 2.52. The number of amides is 1. The third-order valence-corrected chi connectivity index (χ3v) is 3.58. The van der Waals surface area contributed by atoms with Crippen molar-refractivity contribution in [3.63, 3.8) is 0 Å². The first-order valence-corrected chi connectivity index (χ1v) is 7.69. The summed E-state index contributed by atoms with van der Waals surface area (Å²) in [6.45, 7) is 6.37. The van der Waals surface area contributed by atoms with Crippen LogP contribution in [0.15, 0.2) is 54.6 Å². The Morgan fingerprint density at radius 2 is 1.71 bits per heavy atom. The van der Waals surface area contributed by atoms with E-state index in [0.29, 0.717) is 16.8 Å². The van der Waals surface area contributed by atoms with Gasteiger partial charge in [-0.3, -0.25) is 4.79 Å². The fraction of sp³-hybridized carbons (Fsp3) is 0.200. The molecule has 2 N–H and O–H groups in total. The fourth-order valence-corrected chi connectivity index (χ4v) is 2.21. The molecule has 24 heavy (non-hydrogen) atoms. The minimum Gasteiger partial charge on any atom is -0.478 e. The largest absolute Gasteiger partial charge is 0.478 e. The number of carbonyl (C=O) groups excluding carboxylic acids is 1. The van der Waals surface area contributed by atoms with Crippen molar-refractivity contribution in [3.05, 3.63) is 71.3 Å². The first-order valence-electron chi connectivity index (χ1n) is 7.69. The van der Waals surface area contributed by atoms with Gasteiger partial charge in [0.15, 0.2) is 0 Å². The maximum atomic E-state index is 12.3. The van der Waals surface area contributed by atoms with Crippen molar-refractivity contribution in [1.82, 2.24) is 0 Å². The van der Waals surface area contributed by atoms with Crippen molar-refractivity contribution in [2.75, 3.05) is 5.32 Å². The number of rotatable bonds is 4. The second-order valence-electron chi connectivity index (χ2n) is 6.58. The summed E-state index contributed by atoms with van der Waals surface area (Å²) in [5.41, 5.74) is 3.11. The number of nitrogens with one attached hydrogen (secondary N) is 1. The first-order chi connectivity index (χ1) is 11.3. The molecule has 0 saturated carbocycles. The van der Waals surface area contributed by atoms with Crippen LogP contribution in [-0.2, 0) is 10.2 Å². The van der Waals surface area contributed by atoms with Gasteiger partial charge in [-0.05, 0) is 46.9 Å². The van der Waals surface area contributed by atoms with Gasteiger partial charge in [-0.25, -0.2) is 4.79 Å². The lowest BCUT2D eigenvalue weighted by atomic mass is 9.87. The molecular formula is C20H21NO3.